The van der Waals surface area contributed by atoms with Gasteiger partial charge >= 0.3 is 29.6 Å². The number of H-pyrrole nitrogens is 1. The minimum absolute atomic E-state index is 0.00981. The number of aliphatic hydroxyl groups is 1. The second-order valence-corrected chi connectivity index (χ2v) is 11.7. The first-order valence-corrected chi connectivity index (χ1v) is 14.5. The van der Waals surface area contributed by atoms with Crippen LogP contribution in [0, 0.1) is 0 Å². The minimum atomic E-state index is -5.80. The maximum Gasteiger partial charge on any atom is 0.490 e. The molecule has 0 radical (unpaired) electrons. The highest BCUT2D eigenvalue weighted by atomic mass is 31.3. The van der Waals surface area contributed by atoms with Crippen LogP contribution in [-0.4, -0.2) is 88.3 Å². The van der Waals surface area contributed by atoms with Gasteiger partial charge in [-0.15, -0.1) is 0 Å². The second kappa shape index (κ2) is 11.4. The van der Waals surface area contributed by atoms with Crippen molar-refractivity contribution in [1.29, 1.82) is 0 Å². The number of aliphatic hydroxyl groups excluding tert-OH is 1. The predicted molar refractivity (Wildman–Crippen MR) is 120 cm³/mol. The van der Waals surface area contributed by atoms with Crippen molar-refractivity contribution in [2.45, 2.75) is 24.5 Å². The van der Waals surface area contributed by atoms with Gasteiger partial charge in [0.15, 0.2) is 23.5 Å². The molecule has 22 nitrogen and oxygen atoms in total. The first kappa shape index (κ1) is 30.3. The van der Waals surface area contributed by atoms with E-state index in [-0.39, 0.29) is 30.2 Å². The van der Waals surface area contributed by atoms with E-state index < -0.39 is 66.3 Å². The zero-order chi connectivity index (χ0) is 28.5. The molecule has 1 fully saturated rings. The number of hydrogen-bond acceptors (Lipinski definition) is 15. The summed E-state index contributed by atoms with van der Waals surface area (Å²) in [6, 6.07) is 0. The number of aromatic amines is 1. The Kier molecular flexibility index (Phi) is 9.11. The van der Waals surface area contributed by atoms with Gasteiger partial charge < -0.3 is 50.9 Å². The number of carbonyl (C=O) groups excluding carboxylic acids is 1. The van der Waals surface area contributed by atoms with Gasteiger partial charge in [0, 0.05) is 13.1 Å². The second-order valence-electron chi connectivity index (χ2n) is 7.30. The molecule has 38 heavy (non-hydrogen) atoms. The molecule has 1 saturated heterocycles. The van der Waals surface area contributed by atoms with Crippen molar-refractivity contribution in [2.75, 3.05) is 25.4 Å². The fourth-order valence-corrected chi connectivity index (χ4v) is 6.18. The lowest BCUT2D eigenvalue weighted by molar-refractivity contribution is -0.0522. The molecule has 3 rings (SSSR count). The maximum atomic E-state index is 12.1. The lowest BCUT2D eigenvalue weighted by Crippen LogP contribution is -2.40. The quantitative estimate of drug-likeness (QED) is 0.117. The number of rotatable bonds is 11. The molecule has 0 saturated carbocycles. The molecule has 2 unspecified atom stereocenters. The van der Waals surface area contributed by atoms with Crippen LogP contribution >= 0.6 is 23.5 Å². The predicted octanol–water partition coefficient (Wildman–Crippen LogP) is -2.64. The van der Waals surface area contributed by atoms with Crippen LogP contribution in [0.2, 0.25) is 0 Å². The standard InChI is InChI=1S/C13H22N7O15P3/c14-1-2-16-13(23)33-8-7(21)5(3-31-37(27,28)35-38(29,30)34-36(24,25)26)32-11(8)20-4-17-6-9(20)18-12(15)19-10(6)22/h4-5,7-8,11,21H,1-3,14H2,(H,16,23)(H,27,28)(H,29,30)(H2,24,25,26)(H3,15,18,19,22)/t5-,7-,8-,11-/m1/s1. The van der Waals surface area contributed by atoms with E-state index in [1.54, 1.807) is 0 Å². The van der Waals surface area contributed by atoms with Gasteiger partial charge in [-0.1, -0.05) is 0 Å². The van der Waals surface area contributed by atoms with Gasteiger partial charge in [0.05, 0.1) is 12.9 Å². The van der Waals surface area contributed by atoms with Crippen molar-refractivity contribution >= 4 is 46.7 Å². The van der Waals surface area contributed by atoms with Crippen molar-refractivity contribution in [3.63, 3.8) is 0 Å². The highest BCUT2D eigenvalue weighted by molar-refractivity contribution is 7.66. The van der Waals surface area contributed by atoms with E-state index in [0.717, 1.165) is 10.9 Å². The number of imidazole rings is 1. The van der Waals surface area contributed by atoms with Gasteiger partial charge in [0.1, 0.15) is 12.2 Å². The molecular weight excluding hydrogens is 587 g/mol. The lowest BCUT2D eigenvalue weighted by Gasteiger charge is -2.22. The summed E-state index contributed by atoms with van der Waals surface area (Å²) in [5.74, 6) is -0.315. The van der Waals surface area contributed by atoms with Crippen LogP contribution in [0.1, 0.15) is 6.23 Å². The maximum absolute atomic E-state index is 12.1. The molecule has 0 aliphatic carbocycles. The van der Waals surface area contributed by atoms with Crippen molar-refractivity contribution in [3.05, 3.63) is 16.7 Å². The normalized spacial score (nSPS) is 25.1. The van der Waals surface area contributed by atoms with E-state index in [0.29, 0.717) is 0 Å². The Hall–Kier alpha value is -2.29. The zero-order valence-electron chi connectivity index (χ0n) is 18.7. The Morgan fingerprint density at radius 1 is 1.21 bits per heavy atom. The molecule has 1 aliphatic rings. The molecule has 3 heterocycles. The molecule has 6 atom stereocenters. The number of alkyl carbamates (subject to hydrolysis) is 1. The van der Waals surface area contributed by atoms with Crippen LogP contribution in [0.3, 0.4) is 0 Å². The minimum Gasteiger partial charge on any atom is -0.439 e. The van der Waals surface area contributed by atoms with E-state index in [1.807, 2.05) is 0 Å². The van der Waals surface area contributed by atoms with Crippen molar-refractivity contribution < 1.29 is 65.8 Å². The SMILES string of the molecule is NCCNC(=O)O[C@@H]1[C@H](O)[C@@H](COP(=O)(O)OP(=O)(O)OP(=O)(O)O)O[C@H]1n1cnc2c(=O)[nH]c(N)nc21. The smallest absolute Gasteiger partial charge is 0.439 e. The number of aromatic nitrogens is 4. The van der Waals surface area contributed by atoms with Crippen LogP contribution in [0.5, 0.6) is 0 Å². The fraction of sp³-hybridized carbons (Fsp3) is 0.538. The molecule has 25 heteroatoms. The molecule has 0 spiro atoms. The first-order valence-electron chi connectivity index (χ1n) is 10.0. The molecule has 214 valence electrons. The molecule has 11 N–H and O–H groups in total. The number of phosphoric acid groups is 3. The van der Waals surface area contributed by atoms with E-state index in [2.05, 4.69) is 33.4 Å². The van der Waals surface area contributed by atoms with E-state index >= 15 is 0 Å². The summed E-state index contributed by atoms with van der Waals surface area (Å²) in [5, 5.41) is 13.0. The Labute approximate surface area is 210 Å². The van der Waals surface area contributed by atoms with Gasteiger partial charge in [-0.25, -0.2) is 23.5 Å². The van der Waals surface area contributed by atoms with Gasteiger partial charge in [0.25, 0.3) is 5.56 Å². The number of amides is 1. The average molecular weight is 609 g/mol. The van der Waals surface area contributed by atoms with Gasteiger partial charge in [-0.3, -0.25) is 18.9 Å². The number of nitrogens with zero attached hydrogens (tertiary/aromatic N) is 3. The highest BCUT2D eigenvalue weighted by Crippen LogP contribution is 2.66. The first-order chi connectivity index (χ1) is 17.5. The Morgan fingerprint density at radius 3 is 2.53 bits per heavy atom. The van der Waals surface area contributed by atoms with Gasteiger partial charge in [-0.2, -0.15) is 13.6 Å². The van der Waals surface area contributed by atoms with E-state index in [1.165, 1.54) is 0 Å². The fourth-order valence-electron chi connectivity index (χ4n) is 3.15. The van der Waals surface area contributed by atoms with Crippen LogP contribution in [0.15, 0.2) is 11.1 Å². The van der Waals surface area contributed by atoms with Crippen molar-refractivity contribution in [1.82, 2.24) is 24.8 Å². The number of nitrogens with one attached hydrogen (secondary N) is 2. The Bertz CT molecular complexity index is 1380. The van der Waals surface area contributed by atoms with E-state index in [9.17, 15) is 38.2 Å². The van der Waals surface area contributed by atoms with Crippen LogP contribution in [0.4, 0.5) is 10.7 Å². The third-order valence-corrected chi connectivity index (χ3v) is 8.31. The summed E-state index contributed by atoms with van der Waals surface area (Å²) in [7, 11) is -17.0. The average Bonchev–Trinajstić information content (AvgIpc) is 3.29. The zero-order valence-corrected chi connectivity index (χ0v) is 21.3. The summed E-state index contributed by atoms with van der Waals surface area (Å²) < 4.78 is 57.8. The van der Waals surface area contributed by atoms with Crippen LogP contribution in [0.25, 0.3) is 11.2 Å². The number of ether oxygens (including phenoxy) is 2. The summed E-state index contributed by atoms with van der Waals surface area (Å²) in [5.41, 5.74) is 9.77. The van der Waals surface area contributed by atoms with Crippen molar-refractivity contribution in [3.8, 4) is 0 Å². The molecule has 0 aromatic carbocycles. The Balaban J connectivity index is 1.84. The van der Waals surface area contributed by atoms with Gasteiger partial charge in [0.2, 0.25) is 5.95 Å². The highest BCUT2D eigenvalue weighted by Gasteiger charge is 2.49. The largest absolute Gasteiger partial charge is 0.490 e. The van der Waals surface area contributed by atoms with Crippen molar-refractivity contribution in [2.24, 2.45) is 5.73 Å². The number of phosphoric ester groups is 1. The topological polar surface area (TPSA) is 343 Å². The molecule has 2 aromatic rings. The third kappa shape index (κ3) is 7.64. The summed E-state index contributed by atoms with van der Waals surface area (Å²) in [4.78, 5) is 70.4. The number of hydrogen-bond donors (Lipinski definition) is 9. The number of carbonyl (C=O) groups is 1. The molecular formula is C13H22N7O15P3. The summed E-state index contributed by atoms with van der Waals surface area (Å²) in [6.45, 7) is -1.04. The third-order valence-electron chi connectivity index (χ3n) is 4.51. The van der Waals surface area contributed by atoms with Gasteiger partial charge in [-0.05, 0) is 0 Å². The summed E-state index contributed by atoms with van der Waals surface area (Å²) in [6.07, 6.45) is -6.52. The monoisotopic (exact) mass is 609 g/mol. The number of anilines is 1. The number of nitrogens with two attached hydrogens (primary N) is 2. The van der Waals surface area contributed by atoms with Crippen LogP contribution < -0.4 is 22.3 Å². The molecule has 0 bridgehead atoms. The summed E-state index contributed by atoms with van der Waals surface area (Å²) >= 11 is 0. The number of fused-ring (bicyclic) bond motifs is 1. The van der Waals surface area contributed by atoms with Crippen LogP contribution in [-0.2, 0) is 36.3 Å². The van der Waals surface area contributed by atoms with E-state index in [4.69, 9.17) is 30.7 Å². The Morgan fingerprint density at radius 2 is 1.89 bits per heavy atom. The molecule has 2 aromatic heterocycles. The number of nitrogen functional groups attached to an aromatic ring is 1. The lowest BCUT2D eigenvalue weighted by atomic mass is 10.1. The molecule has 1 amide bonds. The molecule has 1 aliphatic heterocycles.